The summed E-state index contributed by atoms with van der Waals surface area (Å²) in [4.78, 5) is 9.86. The van der Waals surface area contributed by atoms with Gasteiger partial charge >= 0.3 is 0 Å². The molecule has 0 fully saturated rings. The van der Waals surface area contributed by atoms with Crippen LogP contribution in [0.1, 0.15) is 49.9 Å². The van der Waals surface area contributed by atoms with Gasteiger partial charge in [0.2, 0.25) is 0 Å². The third kappa shape index (κ3) is 6.76. The lowest BCUT2D eigenvalue weighted by molar-refractivity contribution is 0.626. The summed E-state index contributed by atoms with van der Waals surface area (Å²) in [6, 6.07) is 41.6. The van der Waals surface area contributed by atoms with Crippen molar-refractivity contribution < 1.29 is 0 Å². The van der Waals surface area contributed by atoms with E-state index < -0.39 is 0 Å². The van der Waals surface area contributed by atoms with Gasteiger partial charge in [0.1, 0.15) is 0 Å². The van der Waals surface area contributed by atoms with Gasteiger partial charge < -0.3 is 0 Å². The van der Waals surface area contributed by atoms with Crippen molar-refractivity contribution in [2.45, 2.75) is 33.2 Å². The summed E-state index contributed by atoms with van der Waals surface area (Å²) in [6.45, 7) is 6.64. The maximum absolute atomic E-state index is 4.97. The molecule has 2 heteroatoms. The van der Waals surface area contributed by atoms with Crippen LogP contribution in [0.5, 0.6) is 0 Å². The number of nitrogens with zero attached hydrogens (tertiary/aromatic N) is 2. The Bertz CT molecular complexity index is 1340. The van der Waals surface area contributed by atoms with Gasteiger partial charge in [0.05, 0.1) is 17.3 Å². The average Bonchev–Trinajstić information content (AvgIpc) is 2.95. The topological polar surface area (TPSA) is 25.2 Å². The van der Waals surface area contributed by atoms with Crippen molar-refractivity contribution in [3.63, 3.8) is 0 Å². The quantitative estimate of drug-likeness (QED) is 0.227. The van der Waals surface area contributed by atoms with Crippen LogP contribution in [-0.2, 0) is 0 Å². The average molecular weight is 471 g/mol. The molecule has 0 amide bonds. The first-order valence-corrected chi connectivity index (χ1v) is 12.7. The Kier molecular flexibility index (Phi) is 8.77. The molecule has 0 aliphatic heterocycles. The summed E-state index contributed by atoms with van der Waals surface area (Å²) >= 11 is 0. The molecule has 0 radical (unpaired) electrons. The minimum absolute atomic E-state index is 0.0401. The van der Waals surface area contributed by atoms with Gasteiger partial charge in [0.15, 0.2) is 0 Å². The third-order valence-corrected chi connectivity index (χ3v) is 6.21. The Morgan fingerprint density at radius 2 is 1.22 bits per heavy atom. The van der Waals surface area contributed by atoms with Gasteiger partial charge in [0, 0.05) is 17.2 Å². The SMILES string of the molecule is C(=NC(c1ccccc1)c1ccccc1)c1ccc2ccc(-c3ccccc3)nc2c1.CCC(C)C. The number of benzene rings is 4. The van der Waals surface area contributed by atoms with Crippen LogP contribution in [-0.4, -0.2) is 11.2 Å². The summed E-state index contributed by atoms with van der Waals surface area (Å²) in [6.07, 6.45) is 3.26. The van der Waals surface area contributed by atoms with E-state index in [4.69, 9.17) is 9.98 Å². The minimum Gasteiger partial charge on any atom is -0.280 e. The molecule has 0 aliphatic carbocycles. The summed E-state index contributed by atoms with van der Waals surface area (Å²) in [5, 5.41) is 1.12. The molecule has 1 heterocycles. The zero-order valence-electron chi connectivity index (χ0n) is 21.4. The van der Waals surface area contributed by atoms with Gasteiger partial charge in [-0.1, -0.05) is 136 Å². The van der Waals surface area contributed by atoms with E-state index in [9.17, 15) is 0 Å². The standard InChI is InChI=1S/C29H22N2.C5H12/c1-4-10-23(11-5-1)27-19-18-24-17-16-22(20-28(24)31-27)21-30-29(25-12-6-2-7-13-25)26-14-8-3-9-15-26;1-4-5(2)3/h1-21,29H;5H,4H2,1-3H3. The molecule has 0 aliphatic rings. The van der Waals surface area contributed by atoms with Crippen LogP contribution in [0.3, 0.4) is 0 Å². The molecule has 0 spiro atoms. The summed E-state index contributed by atoms with van der Waals surface area (Å²) in [5.41, 5.74) is 6.47. The molecule has 2 nitrogen and oxygen atoms in total. The van der Waals surface area contributed by atoms with Crippen molar-refractivity contribution in [1.29, 1.82) is 0 Å². The fourth-order valence-corrected chi connectivity index (χ4v) is 3.78. The highest BCUT2D eigenvalue weighted by atomic mass is 14.8. The van der Waals surface area contributed by atoms with E-state index in [1.54, 1.807) is 0 Å². The fourth-order valence-electron chi connectivity index (χ4n) is 3.78. The number of hydrogen-bond acceptors (Lipinski definition) is 2. The van der Waals surface area contributed by atoms with E-state index in [0.29, 0.717) is 0 Å². The van der Waals surface area contributed by atoms with Crippen molar-refractivity contribution >= 4 is 17.1 Å². The Balaban J connectivity index is 0.000000556. The Morgan fingerprint density at radius 1 is 0.694 bits per heavy atom. The number of rotatable bonds is 6. The highest BCUT2D eigenvalue weighted by molar-refractivity contribution is 5.89. The maximum atomic E-state index is 4.97. The molecule has 180 valence electrons. The molecule has 5 aromatic rings. The highest BCUT2D eigenvalue weighted by Gasteiger charge is 2.11. The largest absolute Gasteiger partial charge is 0.280 e. The second-order valence-corrected chi connectivity index (χ2v) is 9.32. The number of hydrogen-bond donors (Lipinski definition) is 0. The predicted molar refractivity (Wildman–Crippen MR) is 155 cm³/mol. The van der Waals surface area contributed by atoms with Crippen LogP contribution in [0.2, 0.25) is 0 Å². The number of aliphatic imine (C=N–C) groups is 1. The number of aromatic nitrogens is 1. The van der Waals surface area contributed by atoms with Crippen molar-refractivity contribution in [3.8, 4) is 11.3 Å². The molecule has 5 rings (SSSR count). The van der Waals surface area contributed by atoms with Crippen LogP contribution in [0, 0.1) is 5.92 Å². The lowest BCUT2D eigenvalue weighted by Crippen LogP contribution is -1.99. The first-order valence-electron chi connectivity index (χ1n) is 12.7. The summed E-state index contributed by atoms with van der Waals surface area (Å²) in [5.74, 6) is 0.884. The highest BCUT2D eigenvalue weighted by Crippen LogP contribution is 2.26. The maximum Gasteiger partial charge on any atom is 0.0999 e. The van der Waals surface area contributed by atoms with E-state index in [1.165, 1.54) is 17.5 Å². The summed E-state index contributed by atoms with van der Waals surface area (Å²) < 4.78 is 0. The van der Waals surface area contributed by atoms with E-state index in [1.807, 2.05) is 36.5 Å². The lowest BCUT2D eigenvalue weighted by atomic mass is 9.99. The molecule has 1 aromatic heterocycles. The molecule has 36 heavy (non-hydrogen) atoms. The van der Waals surface area contributed by atoms with Crippen LogP contribution in [0.25, 0.3) is 22.2 Å². The van der Waals surface area contributed by atoms with Crippen molar-refractivity contribution in [1.82, 2.24) is 4.98 Å². The minimum atomic E-state index is -0.0401. The van der Waals surface area contributed by atoms with Gasteiger partial charge in [-0.05, 0) is 34.7 Å². The zero-order chi connectivity index (χ0) is 25.2. The van der Waals surface area contributed by atoms with Crippen molar-refractivity contribution in [2.75, 3.05) is 0 Å². The normalized spacial score (nSPS) is 11.1. The molecule has 0 unspecified atom stereocenters. The van der Waals surface area contributed by atoms with E-state index in [0.717, 1.165) is 33.6 Å². The molecule has 0 bridgehead atoms. The van der Waals surface area contributed by atoms with Crippen LogP contribution < -0.4 is 0 Å². The second-order valence-electron chi connectivity index (χ2n) is 9.32. The first-order chi connectivity index (χ1) is 17.6. The van der Waals surface area contributed by atoms with E-state index in [2.05, 4.69) is 112 Å². The molecule has 4 aromatic carbocycles. The predicted octanol–water partition coefficient (Wildman–Crippen LogP) is 9.16. The summed E-state index contributed by atoms with van der Waals surface area (Å²) in [7, 11) is 0. The first kappa shape index (κ1) is 25.1. The molecule has 0 N–H and O–H groups in total. The second kappa shape index (κ2) is 12.6. The van der Waals surface area contributed by atoms with Crippen LogP contribution in [0.4, 0.5) is 0 Å². The molecule has 0 atom stereocenters. The fraction of sp³-hybridized carbons (Fsp3) is 0.176. The zero-order valence-corrected chi connectivity index (χ0v) is 21.4. The molecular weight excluding hydrogens is 436 g/mol. The van der Waals surface area contributed by atoms with Gasteiger partial charge in [-0.25, -0.2) is 4.98 Å². The van der Waals surface area contributed by atoms with Crippen molar-refractivity contribution in [3.05, 3.63) is 138 Å². The Labute approximate surface area is 215 Å². The van der Waals surface area contributed by atoms with Crippen molar-refractivity contribution in [2.24, 2.45) is 10.9 Å². The van der Waals surface area contributed by atoms with E-state index >= 15 is 0 Å². The molecule has 0 saturated carbocycles. The van der Waals surface area contributed by atoms with Gasteiger partial charge in [0.25, 0.3) is 0 Å². The van der Waals surface area contributed by atoms with Crippen LogP contribution in [0.15, 0.2) is 126 Å². The Morgan fingerprint density at radius 3 is 1.78 bits per heavy atom. The smallest absolute Gasteiger partial charge is 0.0999 e. The molecule has 0 saturated heterocycles. The lowest BCUT2D eigenvalue weighted by Gasteiger charge is -2.13. The van der Waals surface area contributed by atoms with Gasteiger partial charge in [-0.2, -0.15) is 0 Å². The van der Waals surface area contributed by atoms with Gasteiger partial charge in [-0.15, -0.1) is 0 Å². The van der Waals surface area contributed by atoms with Crippen LogP contribution >= 0.6 is 0 Å². The Hall–Kier alpha value is -4.04. The number of pyridine rings is 1. The molecular formula is C34H34N2. The monoisotopic (exact) mass is 470 g/mol. The van der Waals surface area contributed by atoms with E-state index in [-0.39, 0.29) is 6.04 Å². The third-order valence-electron chi connectivity index (χ3n) is 6.21. The van der Waals surface area contributed by atoms with Gasteiger partial charge in [-0.3, -0.25) is 4.99 Å². The number of fused-ring (bicyclic) bond motifs is 1.